The number of aromatic nitrogens is 1. The van der Waals surface area contributed by atoms with Crippen LogP contribution in [0.5, 0.6) is 0 Å². The molecule has 1 aromatic carbocycles. The second kappa shape index (κ2) is 4.62. The highest BCUT2D eigenvalue weighted by Crippen LogP contribution is 2.22. The van der Waals surface area contributed by atoms with E-state index in [1.54, 1.807) is 12.1 Å². The average Bonchev–Trinajstić information content (AvgIpc) is 2.56. The number of aryl methyl sites for hydroxylation is 2. The molecule has 0 aliphatic heterocycles. The monoisotopic (exact) mass is 261 g/mol. The van der Waals surface area contributed by atoms with Crippen LogP contribution in [-0.2, 0) is 0 Å². The molecule has 1 heterocycles. The first kappa shape index (κ1) is 12.9. The third-order valence-corrected chi connectivity index (χ3v) is 3.71. The van der Waals surface area contributed by atoms with Crippen LogP contribution in [0.2, 0.25) is 5.02 Å². The fourth-order valence-corrected chi connectivity index (χ4v) is 2.31. The van der Waals surface area contributed by atoms with Gasteiger partial charge in [-0.1, -0.05) is 11.6 Å². The van der Waals surface area contributed by atoms with Gasteiger partial charge < -0.3 is 4.98 Å². The maximum Gasteiger partial charge on any atom is 0.209 e. The number of carbonyl (C=O) groups is 1. The summed E-state index contributed by atoms with van der Waals surface area (Å²) in [6.07, 6.45) is 0. The summed E-state index contributed by atoms with van der Waals surface area (Å²) in [5, 5.41) is 0.652. The van der Waals surface area contributed by atoms with Gasteiger partial charge in [-0.15, -0.1) is 0 Å². The van der Waals surface area contributed by atoms with Crippen molar-refractivity contribution in [2.24, 2.45) is 0 Å². The molecular weight excluding hydrogens is 246 g/mol. The Labute approximate surface area is 112 Å². The second-order valence-corrected chi connectivity index (χ2v) is 5.10. The largest absolute Gasteiger partial charge is 0.356 e. The van der Waals surface area contributed by atoms with E-state index in [2.05, 4.69) is 4.98 Å². The van der Waals surface area contributed by atoms with Gasteiger partial charge in [-0.05, 0) is 62.6 Å². The number of aromatic amines is 1. The zero-order valence-electron chi connectivity index (χ0n) is 11.0. The highest BCUT2D eigenvalue weighted by atomic mass is 35.5. The SMILES string of the molecule is Cc1cc(Cl)ccc1C(=O)c1[nH]c(C)c(C)c1C. The lowest BCUT2D eigenvalue weighted by Gasteiger charge is -2.05. The summed E-state index contributed by atoms with van der Waals surface area (Å²) in [6, 6.07) is 5.34. The molecule has 2 rings (SSSR count). The lowest BCUT2D eigenvalue weighted by atomic mass is 10.0. The molecule has 0 aliphatic carbocycles. The van der Waals surface area contributed by atoms with Crippen molar-refractivity contribution in [3.8, 4) is 0 Å². The van der Waals surface area contributed by atoms with Gasteiger partial charge in [-0.2, -0.15) is 0 Å². The fraction of sp³-hybridized carbons (Fsp3) is 0.267. The van der Waals surface area contributed by atoms with Gasteiger partial charge in [0.05, 0.1) is 5.69 Å². The molecule has 0 unspecified atom stereocenters. The van der Waals surface area contributed by atoms with Crippen molar-refractivity contribution in [2.75, 3.05) is 0 Å². The third kappa shape index (κ3) is 2.08. The number of benzene rings is 1. The van der Waals surface area contributed by atoms with Gasteiger partial charge in [0, 0.05) is 16.3 Å². The maximum absolute atomic E-state index is 12.5. The molecule has 94 valence electrons. The molecule has 18 heavy (non-hydrogen) atoms. The summed E-state index contributed by atoms with van der Waals surface area (Å²) in [4.78, 5) is 15.7. The second-order valence-electron chi connectivity index (χ2n) is 4.66. The molecule has 0 amide bonds. The average molecular weight is 262 g/mol. The van der Waals surface area contributed by atoms with E-state index >= 15 is 0 Å². The maximum atomic E-state index is 12.5. The van der Waals surface area contributed by atoms with Gasteiger partial charge >= 0.3 is 0 Å². The van der Waals surface area contributed by atoms with Gasteiger partial charge in [0.2, 0.25) is 5.78 Å². The highest BCUT2D eigenvalue weighted by molar-refractivity contribution is 6.30. The van der Waals surface area contributed by atoms with E-state index < -0.39 is 0 Å². The van der Waals surface area contributed by atoms with Crippen LogP contribution in [0, 0.1) is 27.7 Å². The molecule has 0 spiro atoms. The molecule has 0 fully saturated rings. The molecular formula is C15H16ClNO. The van der Waals surface area contributed by atoms with E-state index in [9.17, 15) is 4.79 Å². The Balaban J connectivity index is 2.51. The van der Waals surface area contributed by atoms with Crippen molar-refractivity contribution >= 4 is 17.4 Å². The van der Waals surface area contributed by atoms with E-state index in [-0.39, 0.29) is 5.78 Å². The first-order chi connectivity index (χ1) is 8.41. The minimum absolute atomic E-state index is 0.0258. The fourth-order valence-electron chi connectivity index (χ4n) is 2.09. The zero-order valence-corrected chi connectivity index (χ0v) is 11.8. The van der Waals surface area contributed by atoms with Crippen LogP contribution in [0.4, 0.5) is 0 Å². The molecule has 0 atom stereocenters. The predicted molar refractivity (Wildman–Crippen MR) is 74.6 cm³/mol. The molecule has 2 nitrogen and oxygen atoms in total. The molecule has 0 saturated carbocycles. The molecule has 1 aromatic heterocycles. The topological polar surface area (TPSA) is 32.9 Å². The Morgan fingerprint density at radius 2 is 1.78 bits per heavy atom. The first-order valence-electron chi connectivity index (χ1n) is 5.88. The van der Waals surface area contributed by atoms with Crippen molar-refractivity contribution < 1.29 is 4.79 Å². The number of H-pyrrole nitrogens is 1. The van der Waals surface area contributed by atoms with Crippen LogP contribution >= 0.6 is 11.6 Å². The molecule has 0 radical (unpaired) electrons. The van der Waals surface area contributed by atoms with E-state index in [0.717, 1.165) is 22.4 Å². The van der Waals surface area contributed by atoms with E-state index in [1.807, 2.05) is 33.8 Å². The van der Waals surface area contributed by atoms with E-state index in [1.165, 1.54) is 0 Å². The summed E-state index contributed by atoms with van der Waals surface area (Å²) < 4.78 is 0. The van der Waals surface area contributed by atoms with Crippen molar-refractivity contribution in [2.45, 2.75) is 27.7 Å². The van der Waals surface area contributed by atoms with Crippen LogP contribution in [0.3, 0.4) is 0 Å². The van der Waals surface area contributed by atoms with E-state index in [0.29, 0.717) is 16.3 Å². The van der Waals surface area contributed by atoms with Gasteiger partial charge in [0.1, 0.15) is 0 Å². The quantitative estimate of drug-likeness (QED) is 0.810. The highest BCUT2D eigenvalue weighted by Gasteiger charge is 2.18. The normalized spacial score (nSPS) is 10.7. The predicted octanol–water partition coefficient (Wildman–Crippen LogP) is 4.13. The van der Waals surface area contributed by atoms with Gasteiger partial charge in [0.15, 0.2) is 0 Å². The Kier molecular flexibility index (Phi) is 3.31. The van der Waals surface area contributed by atoms with E-state index in [4.69, 9.17) is 11.6 Å². The molecule has 3 heteroatoms. The van der Waals surface area contributed by atoms with Crippen molar-refractivity contribution in [3.05, 3.63) is 56.9 Å². The number of rotatable bonds is 2. The summed E-state index contributed by atoms with van der Waals surface area (Å²) in [5.41, 5.74) is 5.48. The number of hydrogen-bond acceptors (Lipinski definition) is 1. The zero-order chi connectivity index (χ0) is 13.4. The molecule has 0 bridgehead atoms. The number of carbonyl (C=O) groups excluding carboxylic acids is 1. The summed E-state index contributed by atoms with van der Waals surface area (Å²) in [6.45, 7) is 7.87. The standard InChI is InChI=1S/C15H16ClNO/c1-8-7-12(16)5-6-13(8)15(18)14-10(3)9(2)11(4)17-14/h5-7,17H,1-4H3. The Hall–Kier alpha value is -1.54. The van der Waals surface area contributed by atoms with Crippen LogP contribution < -0.4 is 0 Å². The van der Waals surface area contributed by atoms with Gasteiger partial charge in [-0.3, -0.25) is 4.79 Å². The smallest absolute Gasteiger partial charge is 0.209 e. The summed E-state index contributed by atoms with van der Waals surface area (Å²) in [5.74, 6) is 0.0258. The van der Waals surface area contributed by atoms with Crippen molar-refractivity contribution in [1.29, 1.82) is 0 Å². The van der Waals surface area contributed by atoms with Crippen molar-refractivity contribution in [3.63, 3.8) is 0 Å². The molecule has 0 aliphatic rings. The lowest BCUT2D eigenvalue weighted by Crippen LogP contribution is -2.06. The number of ketones is 1. The third-order valence-electron chi connectivity index (χ3n) is 3.47. The van der Waals surface area contributed by atoms with Crippen LogP contribution in [-0.4, -0.2) is 10.8 Å². The summed E-state index contributed by atoms with van der Waals surface area (Å²) in [7, 11) is 0. The van der Waals surface area contributed by atoms with Crippen LogP contribution in [0.15, 0.2) is 18.2 Å². The van der Waals surface area contributed by atoms with Crippen molar-refractivity contribution in [1.82, 2.24) is 4.98 Å². The van der Waals surface area contributed by atoms with Gasteiger partial charge in [-0.25, -0.2) is 0 Å². The number of nitrogens with one attached hydrogen (secondary N) is 1. The number of halogens is 1. The molecule has 2 aromatic rings. The summed E-state index contributed by atoms with van der Waals surface area (Å²) >= 11 is 5.91. The molecule has 1 N–H and O–H groups in total. The van der Waals surface area contributed by atoms with Gasteiger partial charge in [0.25, 0.3) is 0 Å². The minimum atomic E-state index is 0.0258. The first-order valence-corrected chi connectivity index (χ1v) is 6.26. The Bertz CT molecular complexity index is 626. The van der Waals surface area contributed by atoms with Crippen LogP contribution in [0.25, 0.3) is 0 Å². The lowest BCUT2D eigenvalue weighted by molar-refractivity contribution is 0.103. The minimum Gasteiger partial charge on any atom is -0.356 e. The Morgan fingerprint density at radius 1 is 1.11 bits per heavy atom. The molecule has 0 saturated heterocycles. The van der Waals surface area contributed by atoms with Crippen LogP contribution in [0.1, 0.15) is 38.4 Å². The Morgan fingerprint density at radius 3 is 2.28 bits per heavy atom. The number of hydrogen-bond donors (Lipinski definition) is 1.